The second-order valence-corrected chi connectivity index (χ2v) is 8.53. The fraction of sp³-hybridized carbons (Fsp3) is 0.667. The predicted molar refractivity (Wildman–Crippen MR) is 104 cm³/mol. The van der Waals surface area contributed by atoms with Gasteiger partial charge in [-0.1, -0.05) is 45.0 Å². The molecule has 0 radical (unpaired) electrons. The van der Waals surface area contributed by atoms with E-state index in [0.717, 1.165) is 52.2 Å². The van der Waals surface area contributed by atoms with Gasteiger partial charge in [0.15, 0.2) is 0 Å². The van der Waals surface area contributed by atoms with Crippen molar-refractivity contribution in [2.45, 2.75) is 51.7 Å². The minimum absolute atomic E-state index is 0.0506. The first kappa shape index (κ1) is 19.2. The average Bonchev–Trinajstić information content (AvgIpc) is 3.13. The molecule has 3 rings (SSSR count). The number of hydrogen-bond donors (Lipinski definition) is 1. The van der Waals surface area contributed by atoms with E-state index in [9.17, 15) is 4.79 Å². The van der Waals surface area contributed by atoms with E-state index < -0.39 is 0 Å². The van der Waals surface area contributed by atoms with Gasteiger partial charge in [0.25, 0.3) is 0 Å². The molecule has 0 spiro atoms. The molecule has 2 fully saturated rings. The Morgan fingerprint density at radius 1 is 1.15 bits per heavy atom. The molecular weight excluding hydrogens is 326 g/mol. The fourth-order valence-corrected chi connectivity index (χ4v) is 3.60. The molecule has 5 nitrogen and oxygen atoms in total. The number of piperazine rings is 1. The molecule has 0 aromatic heterocycles. The Kier molecular flexibility index (Phi) is 6.20. The Morgan fingerprint density at radius 3 is 2.42 bits per heavy atom. The number of rotatable bonds is 4. The van der Waals surface area contributed by atoms with Crippen molar-refractivity contribution in [1.29, 1.82) is 0 Å². The van der Waals surface area contributed by atoms with E-state index in [4.69, 9.17) is 4.74 Å². The van der Waals surface area contributed by atoms with Crippen molar-refractivity contribution >= 4 is 6.03 Å². The molecule has 1 atom stereocenters. The van der Waals surface area contributed by atoms with Crippen LogP contribution in [0.3, 0.4) is 0 Å². The van der Waals surface area contributed by atoms with Gasteiger partial charge in [-0.25, -0.2) is 4.79 Å². The lowest BCUT2D eigenvalue weighted by molar-refractivity contribution is 0.104. The minimum Gasteiger partial charge on any atom is -0.376 e. The van der Waals surface area contributed by atoms with E-state index >= 15 is 0 Å². The van der Waals surface area contributed by atoms with Crippen LogP contribution >= 0.6 is 0 Å². The SMILES string of the molecule is CC(C)(C)c1ccc(CN2CCN(C(=O)NC[C@H]3CCCO3)CC2)cc1. The van der Waals surface area contributed by atoms with Crippen LogP contribution in [0.1, 0.15) is 44.7 Å². The van der Waals surface area contributed by atoms with Crippen molar-refractivity contribution in [3.8, 4) is 0 Å². The zero-order valence-corrected chi connectivity index (χ0v) is 16.5. The standard InChI is InChI=1S/C21H33N3O2/c1-21(2,3)18-8-6-17(7-9-18)16-23-10-12-24(13-11-23)20(25)22-15-19-5-4-14-26-19/h6-9,19H,4-5,10-16H2,1-3H3,(H,22,25)/t19-/m1/s1. The summed E-state index contributed by atoms with van der Waals surface area (Å²) in [6, 6.07) is 9.01. The number of carbonyl (C=O) groups is 1. The van der Waals surface area contributed by atoms with Crippen LogP contribution in [0.4, 0.5) is 4.79 Å². The maximum absolute atomic E-state index is 12.3. The van der Waals surface area contributed by atoms with E-state index in [1.54, 1.807) is 0 Å². The quantitative estimate of drug-likeness (QED) is 0.899. The van der Waals surface area contributed by atoms with Gasteiger partial charge < -0.3 is 15.0 Å². The second-order valence-electron chi connectivity index (χ2n) is 8.53. The Hall–Kier alpha value is -1.59. The number of nitrogens with zero attached hydrogens (tertiary/aromatic N) is 2. The molecule has 1 aromatic rings. The Morgan fingerprint density at radius 2 is 1.85 bits per heavy atom. The van der Waals surface area contributed by atoms with Gasteiger partial charge in [-0.3, -0.25) is 4.90 Å². The number of carbonyl (C=O) groups excluding carboxylic acids is 1. The normalized spacial score (nSPS) is 21.8. The molecule has 1 N–H and O–H groups in total. The lowest BCUT2D eigenvalue weighted by Gasteiger charge is -2.35. The summed E-state index contributed by atoms with van der Waals surface area (Å²) in [7, 11) is 0. The lowest BCUT2D eigenvalue weighted by Crippen LogP contribution is -2.52. The summed E-state index contributed by atoms with van der Waals surface area (Å²) in [5.74, 6) is 0. The first-order chi connectivity index (χ1) is 12.4. The topological polar surface area (TPSA) is 44.8 Å². The van der Waals surface area contributed by atoms with Gasteiger partial charge in [-0.2, -0.15) is 0 Å². The van der Waals surface area contributed by atoms with E-state index in [1.165, 1.54) is 11.1 Å². The number of amides is 2. The molecule has 26 heavy (non-hydrogen) atoms. The van der Waals surface area contributed by atoms with Gasteiger partial charge >= 0.3 is 6.03 Å². The van der Waals surface area contributed by atoms with Crippen LogP contribution in [0.5, 0.6) is 0 Å². The smallest absolute Gasteiger partial charge is 0.317 e. The van der Waals surface area contributed by atoms with Crippen molar-refractivity contribution in [2.75, 3.05) is 39.3 Å². The predicted octanol–water partition coefficient (Wildman–Crippen LogP) is 2.99. The molecule has 0 unspecified atom stereocenters. The Bertz CT molecular complexity index is 580. The summed E-state index contributed by atoms with van der Waals surface area (Å²) in [6.07, 6.45) is 2.37. The van der Waals surface area contributed by atoms with Gasteiger partial charge in [-0.15, -0.1) is 0 Å². The molecule has 2 amide bonds. The molecule has 0 aliphatic carbocycles. The van der Waals surface area contributed by atoms with E-state index in [0.29, 0.717) is 6.54 Å². The van der Waals surface area contributed by atoms with Gasteiger partial charge in [-0.05, 0) is 29.4 Å². The number of nitrogens with one attached hydrogen (secondary N) is 1. The Labute approximate surface area is 157 Å². The molecule has 0 saturated carbocycles. The molecule has 0 bridgehead atoms. The zero-order valence-electron chi connectivity index (χ0n) is 16.5. The van der Waals surface area contributed by atoms with Crippen LogP contribution in [0.15, 0.2) is 24.3 Å². The van der Waals surface area contributed by atoms with Crippen molar-refractivity contribution in [3.63, 3.8) is 0 Å². The molecule has 144 valence electrons. The second kappa shape index (κ2) is 8.40. The highest BCUT2D eigenvalue weighted by Gasteiger charge is 2.23. The summed E-state index contributed by atoms with van der Waals surface area (Å²) in [5.41, 5.74) is 2.91. The average molecular weight is 360 g/mol. The molecular formula is C21H33N3O2. The van der Waals surface area contributed by atoms with Gasteiger partial charge in [0, 0.05) is 45.9 Å². The molecule has 5 heteroatoms. The summed E-state index contributed by atoms with van der Waals surface area (Å²) in [4.78, 5) is 16.6. The summed E-state index contributed by atoms with van der Waals surface area (Å²) in [6.45, 7) is 12.6. The van der Waals surface area contributed by atoms with Gasteiger partial charge in [0.05, 0.1) is 6.10 Å². The van der Waals surface area contributed by atoms with Crippen LogP contribution in [0.2, 0.25) is 0 Å². The van der Waals surface area contributed by atoms with Crippen molar-refractivity contribution in [3.05, 3.63) is 35.4 Å². The Balaban J connectivity index is 1.41. The fourth-order valence-electron chi connectivity index (χ4n) is 3.60. The molecule has 1 aromatic carbocycles. The highest BCUT2D eigenvalue weighted by molar-refractivity contribution is 5.74. The molecule has 2 saturated heterocycles. The van der Waals surface area contributed by atoms with Gasteiger partial charge in [0.2, 0.25) is 0 Å². The third kappa shape index (κ3) is 5.21. The van der Waals surface area contributed by atoms with Crippen molar-refractivity contribution < 1.29 is 9.53 Å². The largest absolute Gasteiger partial charge is 0.376 e. The summed E-state index contributed by atoms with van der Waals surface area (Å²) < 4.78 is 5.56. The maximum atomic E-state index is 12.3. The third-order valence-corrected chi connectivity index (χ3v) is 5.39. The summed E-state index contributed by atoms with van der Waals surface area (Å²) in [5, 5.41) is 3.02. The van der Waals surface area contributed by atoms with Crippen LogP contribution in [0, 0.1) is 0 Å². The van der Waals surface area contributed by atoms with E-state index in [-0.39, 0.29) is 17.6 Å². The van der Waals surface area contributed by atoms with E-state index in [2.05, 4.69) is 55.3 Å². The molecule has 2 aliphatic heterocycles. The lowest BCUT2D eigenvalue weighted by atomic mass is 9.87. The highest BCUT2D eigenvalue weighted by atomic mass is 16.5. The van der Waals surface area contributed by atoms with Crippen molar-refractivity contribution in [1.82, 2.24) is 15.1 Å². The van der Waals surface area contributed by atoms with Crippen LogP contribution in [-0.4, -0.2) is 61.3 Å². The minimum atomic E-state index is 0.0506. The van der Waals surface area contributed by atoms with Gasteiger partial charge in [0.1, 0.15) is 0 Å². The van der Waals surface area contributed by atoms with E-state index in [1.807, 2.05) is 4.90 Å². The van der Waals surface area contributed by atoms with Crippen LogP contribution < -0.4 is 5.32 Å². The first-order valence-electron chi connectivity index (χ1n) is 9.88. The number of benzene rings is 1. The van der Waals surface area contributed by atoms with Crippen LogP contribution in [0.25, 0.3) is 0 Å². The number of urea groups is 1. The first-order valence-corrected chi connectivity index (χ1v) is 9.88. The summed E-state index contributed by atoms with van der Waals surface area (Å²) >= 11 is 0. The molecule has 2 heterocycles. The highest BCUT2D eigenvalue weighted by Crippen LogP contribution is 2.22. The maximum Gasteiger partial charge on any atom is 0.317 e. The van der Waals surface area contributed by atoms with Crippen LogP contribution in [-0.2, 0) is 16.7 Å². The number of ether oxygens (including phenoxy) is 1. The third-order valence-electron chi connectivity index (χ3n) is 5.39. The zero-order chi connectivity index (χ0) is 18.6. The number of hydrogen-bond acceptors (Lipinski definition) is 3. The van der Waals surface area contributed by atoms with Crippen molar-refractivity contribution in [2.24, 2.45) is 0 Å². The monoisotopic (exact) mass is 359 g/mol. The molecule has 2 aliphatic rings.